The summed E-state index contributed by atoms with van der Waals surface area (Å²) in [7, 11) is 0. The van der Waals surface area contributed by atoms with Crippen molar-refractivity contribution in [2.24, 2.45) is 5.10 Å². The smallest absolute Gasteiger partial charge is 0.318 e. The zero-order chi connectivity index (χ0) is 20.9. The molecule has 11 heteroatoms. The second-order valence-electron chi connectivity index (χ2n) is 5.45. The molecule has 0 bridgehead atoms. The molecule has 2 N–H and O–H groups in total. The van der Waals surface area contributed by atoms with Crippen LogP contribution in [0, 0.1) is 10.1 Å². The number of anilines is 1. The van der Waals surface area contributed by atoms with Gasteiger partial charge in [0.2, 0.25) is 0 Å². The van der Waals surface area contributed by atoms with E-state index in [9.17, 15) is 32.9 Å². The SMILES string of the molecule is C/C(=N\NC(=O)c1ccccc1[N+](=O)[O-])c1cccc(NC(=O)C(F)(F)F)c1. The van der Waals surface area contributed by atoms with Crippen LogP contribution in [0.1, 0.15) is 22.8 Å². The van der Waals surface area contributed by atoms with E-state index in [1.165, 1.54) is 49.4 Å². The van der Waals surface area contributed by atoms with E-state index < -0.39 is 28.6 Å². The van der Waals surface area contributed by atoms with Gasteiger partial charge < -0.3 is 5.32 Å². The van der Waals surface area contributed by atoms with E-state index in [0.717, 1.165) is 6.07 Å². The number of para-hydroxylation sites is 1. The lowest BCUT2D eigenvalue weighted by atomic mass is 10.1. The number of carbonyl (C=O) groups excluding carboxylic acids is 2. The van der Waals surface area contributed by atoms with E-state index in [1.807, 2.05) is 0 Å². The van der Waals surface area contributed by atoms with Gasteiger partial charge in [0, 0.05) is 11.8 Å². The summed E-state index contributed by atoms with van der Waals surface area (Å²) in [6, 6.07) is 10.7. The highest BCUT2D eigenvalue weighted by Crippen LogP contribution is 2.20. The van der Waals surface area contributed by atoms with Crippen LogP contribution >= 0.6 is 0 Å². The average Bonchev–Trinajstić information content (AvgIpc) is 2.65. The molecule has 8 nitrogen and oxygen atoms in total. The van der Waals surface area contributed by atoms with Crippen LogP contribution < -0.4 is 10.7 Å². The highest BCUT2D eigenvalue weighted by atomic mass is 19.4. The number of amides is 2. The quantitative estimate of drug-likeness (QED) is 0.460. The summed E-state index contributed by atoms with van der Waals surface area (Å²) in [5, 5.41) is 16.5. The molecular weight excluding hydrogens is 381 g/mol. The molecule has 0 atom stereocenters. The molecule has 28 heavy (non-hydrogen) atoms. The zero-order valence-corrected chi connectivity index (χ0v) is 14.3. The van der Waals surface area contributed by atoms with Crippen LogP contribution in [-0.2, 0) is 4.79 Å². The molecule has 2 aromatic carbocycles. The van der Waals surface area contributed by atoms with Gasteiger partial charge in [-0.1, -0.05) is 24.3 Å². The minimum atomic E-state index is -5.03. The van der Waals surface area contributed by atoms with E-state index in [1.54, 1.807) is 5.32 Å². The molecule has 0 heterocycles. The summed E-state index contributed by atoms with van der Waals surface area (Å²) in [6.45, 7) is 1.46. The lowest BCUT2D eigenvalue weighted by Crippen LogP contribution is -2.29. The first kappa shape index (κ1) is 20.6. The van der Waals surface area contributed by atoms with Gasteiger partial charge in [-0.15, -0.1) is 0 Å². The van der Waals surface area contributed by atoms with Crippen molar-refractivity contribution in [3.05, 3.63) is 69.8 Å². The van der Waals surface area contributed by atoms with E-state index >= 15 is 0 Å². The molecule has 0 spiro atoms. The van der Waals surface area contributed by atoms with Gasteiger partial charge in [-0.25, -0.2) is 5.43 Å². The summed E-state index contributed by atoms with van der Waals surface area (Å²) in [4.78, 5) is 33.4. The fourth-order valence-electron chi connectivity index (χ4n) is 2.11. The maximum absolute atomic E-state index is 12.3. The van der Waals surface area contributed by atoms with Crippen molar-refractivity contribution in [1.82, 2.24) is 5.43 Å². The van der Waals surface area contributed by atoms with Gasteiger partial charge in [-0.2, -0.15) is 18.3 Å². The molecule has 2 rings (SSSR count). The molecule has 2 amide bonds. The molecule has 0 saturated carbocycles. The number of nitrogens with one attached hydrogen (secondary N) is 2. The molecule has 0 aliphatic carbocycles. The molecule has 146 valence electrons. The Labute approximate surface area is 156 Å². The van der Waals surface area contributed by atoms with Crippen LogP contribution in [0.25, 0.3) is 0 Å². The number of hydrogen-bond donors (Lipinski definition) is 2. The van der Waals surface area contributed by atoms with Crippen molar-refractivity contribution in [1.29, 1.82) is 0 Å². The van der Waals surface area contributed by atoms with Crippen molar-refractivity contribution in [2.75, 3.05) is 5.32 Å². The number of halogens is 3. The minimum Gasteiger partial charge on any atom is -0.318 e. The van der Waals surface area contributed by atoms with E-state index in [0.29, 0.717) is 5.56 Å². The second-order valence-corrected chi connectivity index (χ2v) is 5.45. The summed E-state index contributed by atoms with van der Waals surface area (Å²) >= 11 is 0. The first-order valence-corrected chi connectivity index (χ1v) is 7.66. The molecule has 0 radical (unpaired) electrons. The van der Waals surface area contributed by atoms with Gasteiger partial charge in [-0.3, -0.25) is 19.7 Å². The van der Waals surface area contributed by atoms with Crippen LogP contribution in [0.4, 0.5) is 24.5 Å². The maximum Gasteiger partial charge on any atom is 0.471 e. The van der Waals surface area contributed by atoms with Crippen LogP contribution in [0.3, 0.4) is 0 Å². The topological polar surface area (TPSA) is 114 Å². The third-order valence-corrected chi connectivity index (χ3v) is 3.47. The highest BCUT2D eigenvalue weighted by molar-refractivity contribution is 6.03. The maximum atomic E-state index is 12.3. The number of hydrogen-bond acceptors (Lipinski definition) is 5. The van der Waals surface area contributed by atoms with Crippen molar-refractivity contribution in [2.45, 2.75) is 13.1 Å². The van der Waals surface area contributed by atoms with Gasteiger partial charge in [0.25, 0.3) is 11.6 Å². The molecule has 0 aliphatic rings. The van der Waals surface area contributed by atoms with Gasteiger partial charge in [0.05, 0.1) is 10.6 Å². The Morgan fingerprint density at radius 3 is 2.43 bits per heavy atom. The fourth-order valence-corrected chi connectivity index (χ4v) is 2.11. The Morgan fingerprint density at radius 2 is 1.79 bits per heavy atom. The fraction of sp³-hybridized carbons (Fsp3) is 0.118. The largest absolute Gasteiger partial charge is 0.471 e. The summed E-state index contributed by atoms with van der Waals surface area (Å²) in [5.41, 5.74) is 1.97. The lowest BCUT2D eigenvalue weighted by molar-refractivity contribution is -0.385. The lowest BCUT2D eigenvalue weighted by Gasteiger charge is -2.09. The summed E-state index contributed by atoms with van der Waals surface area (Å²) in [5.74, 6) is -2.95. The number of rotatable bonds is 5. The van der Waals surface area contributed by atoms with E-state index in [2.05, 4.69) is 10.5 Å². The number of nitrogens with zero attached hydrogens (tertiary/aromatic N) is 2. The molecule has 0 unspecified atom stereocenters. The molecule has 0 fully saturated rings. The number of benzene rings is 2. The van der Waals surface area contributed by atoms with Gasteiger partial charge >= 0.3 is 12.1 Å². The first-order chi connectivity index (χ1) is 13.1. The normalized spacial score (nSPS) is 11.6. The molecule has 0 aromatic heterocycles. The van der Waals surface area contributed by atoms with Gasteiger partial charge in [0.15, 0.2) is 0 Å². The minimum absolute atomic E-state index is 0.112. The Bertz CT molecular complexity index is 957. The summed E-state index contributed by atoms with van der Waals surface area (Å²) in [6.07, 6.45) is -5.03. The van der Waals surface area contributed by atoms with E-state index in [-0.39, 0.29) is 17.0 Å². The average molecular weight is 394 g/mol. The third kappa shape index (κ3) is 5.13. The van der Waals surface area contributed by atoms with Crippen LogP contribution in [0.15, 0.2) is 53.6 Å². The monoisotopic (exact) mass is 394 g/mol. The number of nitro benzene ring substituents is 1. The van der Waals surface area contributed by atoms with Crippen molar-refractivity contribution < 1.29 is 27.7 Å². The van der Waals surface area contributed by atoms with Crippen molar-refractivity contribution in [3.63, 3.8) is 0 Å². The number of alkyl halides is 3. The Balaban J connectivity index is 2.16. The Kier molecular flexibility index (Phi) is 6.08. The molecule has 2 aromatic rings. The predicted octanol–water partition coefficient (Wildman–Crippen LogP) is 3.25. The van der Waals surface area contributed by atoms with Crippen molar-refractivity contribution in [3.8, 4) is 0 Å². The number of hydrazone groups is 1. The molecule has 0 aliphatic heterocycles. The van der Waals surface area contributed by atoms with Crippen LogP contribution in [-0.4, -0.2) is 28.6 Å². The standard InChI is InChI=1S/C17H13F3N4O4/c1-10(11-5-4-6-12(9-11)21-16(26)17(18,19)20)22-23-15(25)13-7-2-3-8-14(13)24(27)28/h2-9H,1H3,(H,21,26)(H,23,25)/b22-10+. The number of carbonyl (C=O) groups is 2. The third-order valence-electron chi connectivity index (χ3n) is 3.47. The van der Waals surface area contributed by atoms with Gasteiger partial charge in [-0.05, 0) is 30.7 Å². The molecular formula is C17H13F3N4O4. The Hall–Kier alpha value is -3.76. The molecule has 0 saturated heterocycles. The van der Waals surface area contributed by atoms with Crippen LogP contribution in [0.2, 0.25) is 0 Å². The summed E-state index contributed by atoms with van der Waals surface area (Å²) < 4.78 is 37.0. The highest BCUT2D eigenvalue weighted by Gasteiger charge is 2.38. The van der Waals surface area contributed by atoms with Crippen molar-refractivity contribution >= 4 is 28.9 Å². The van der Waals surface area contributed by atoms with E-state index in [4.69, 9.17) is 0 Å². The second kappa shape index (κ2) is 8.29. The number of nitro groups is 1. The predicted molar refractivity (Wildman–Crippen MR) is 93.9 cm³/mol. The van der Waals surface area contributed by atoms with Gasteiger partial charge in [0.1, 0.15) is 5.56 Å². The van der Waals surface area contributed by atoms with Crippen LogP contribution in [0.5, 0.6) is 0 Å². The Morgan fingerprint density at radius 1 is 1.11 bits per heavy atom. The first-order valence-electron chi connectivity index (χ1n) is 7.66. The zero-order valence-electron chi connectivity index (χ0n) is 14.3.